The van der Waals surface area contributed by atoms with Gasteiger partial charge in [0.1, 0.15) is 24.7 Å². The summed E-state index contributed by atoms with van der Waals surface area (Å²) >= 11 is 0. The molecule has 2 aromatic heterocycles. The maximum atomic E-state index is 14.3. The molecule has 2 saturated heterocycles. The molecule has 0 spiro atoms. The van der Waals surface area contributed by atoms with E-state index < -0.39 is 103 Å². The first-order valence-corrected chi connectivity index (χ1v) is 11.4. The number of carbonyl (C=O) groups is 1. The largest absolute Gasteiger partial charge is 0.394 e. The van der Waals surface area contributed by atoms with Crippen molar-refractivity contribution in [3.63, 3.8) is 0 Å². The minimum Gasteiger partial charge on any atom is -0.394 e. The van der Waals surface area contributed by atoms with Gasteiger partial charge in [-0.05, 0) is 0 Å². The van der Waals surface area contributed by atoms with Crippen molar-refractivity contribution in [2.75, 3.05) is 13.2 Å². The van der Waals surface area contributed by atoms with Crippen molar-refractivity contribution >= 4 is 5.78 Å². The molecule has 0 saturated carbocycles. The van der Waals surface area contributed by atoms with Gasteiger partial charge in [-0.1, -0.05) is 0 Å². The maximum Gasteiger partial charge on any atom is 0.333 e. The first-order chi connectivity index (χ1) is 18.0. The zero-order chi connectivity index (χ0) is 27.9. The second-order valence-corrected chi connectivity index (χ2v) is 8.88. The molecule has 17 heteroatoms. The third-order valence-corrected chi connectivity index (χ3v) is 6.37. The fourth-order valence-corrected chi connectivity index (χ4v) is 4.37. The highest BCUT2D eigenvalue weighted by Crippen LogP contribution is 2.28. The van der Waals surface area contributed by atoms with Crippen LogP contribution < -0.4 is 22.5 Å². The van der Waals surface area contributed by atoms with Crippen LogP contribution in [0.3, 0.4) is 0 Å². The average Bonchev–Trinajstić information content (AvgIpc) is 3.45. The van der Waals surface area contributed by atoms with E-state index in [0.717, 1.165) is 0 Å². The predicted molar refractivity (Wildman–Crippen MR) is 118 cm³/mol. The van der Waals surface area contributed by atoms with Gasteiger partial charge in [0.2, 0.25) is 11.6 Å². The molecule has 2 aliphatic heterocycles. The topological polar surface area (TPSA) is 204 Å². The summed E-state index contributed by atoms with van der Waals surface area (Å²) in [5.41, 5.74) is -5.42. The van der Waals surface area contributed by atoms with Crippen LogP contribution in [0.15, 0.2) is 31.6 Å². The van der Waals surface area contributed by atoms with Gasteiger partial charge < -0.3 is 29.9 Å². The van der Waals surface area contributed by atoms with Crippen molar-refractivity contribution in [1.82, 2.24) is 18.3 Å². The number of Topliss-reactive ketones (excluding diaryl/α,β-unsaturated/α-hetero) is 1. The number of hydrogen-bond acceptors (Lipinski definition) is 11. The van der Waals surface area contributed by atoms with Crippen molar-refractivity contribution in [3.8, 4) is 0 Å². The molecule has 208 valence electrons. The van der Waals surface area contributed by atoms with Crippen LogP contribution in [0.25, 0.3) is 0 Å². The Kier molecular flexibility index (Phi) is 7.86. The number of nitrogens with zero attached hydrogens (tertiary/aromatic N) is 4. The molecule has 38 heavy (non-hydrogen) atoms. The summed E-state index contributed by atoms with van der Waals surface area (Å²) in [5, 5.41) is 38.2. The quantitative estimate of drug-likeness (QED) is 0.252. The molecule has 0 aromatic carbocycles. The van der Waals surface area contributed by atoms with E-state index in [9.17, 15) is 53.2 Å². The summed E-state index contributed by atoms with van der Waals surface area (Å²) in [5.74, 6) is -4.04. The van der Waals surface area contributed by atoms with Crippen molar-refractivity contribution in [2.24, 2.45) is 0 Å². The summed E-state index contributed by atoms with van der Waals surface area (Å²) in [6.07, 6.45) is -6.49. The molecule has 4 heterocycles. The zero-order valence-corrected chi connectivity index (χ0v) is 19.6. The molecule has 15 nitrogen and oxygen atoms in total. The first kappa shape index (κ1) is 27.7. The lowest BCUT2D eigenvalue weighted by Crippen LogP contribution is -2.47. The first-order valence-electron chi connectivity index (χ1n) is 11.4. The Labute approximate surface area is 209 Å². The fourth-order valence-electron chi connectivity index (χ4n) is 4.37. The number of aliphatic hydroxyl groups excluding tert-OH is 4. The van der Waals surface area contributed by atoms with Gasteiger partial charge in [0.05, 0.1) is 50.9 Å². The number of ketones is 1. The third kappa shape index (κ3) is 5.03. The molecule has 0 aliphatic carbocycles. The van der Waals surface area contributed by atoms with Crippen LogP contribution in [0.2, 0.25) is 0 Å². The van der Waals surface area contributed by atoms with E-state index in [1.54, 1.807) is 0 Å². The van der Waals surface area contributed by atoms with Crippen LogP contribution in [0.5, 0.6) is 0 Å². The maximum absolute atomic E-state index is 14.3. The summed E-state index contributed by atoms with van der Waals surface area (Å²) in [4.78, 5) is 63.0. The molecular formula is C21H24F2N4O11. The number of ether oxygens (including phenoxy) is 2. The molecule has 0 radical (unpaired) electrons. The number of rotatable bonds is 8. The second kappa shape index (κ2) is 10.8. The van der Waals surface area contributed by atoms with Crippen LogP contribution in [0.1, 0.15) is 25.3 Å². The molecule has 0 amide bonds. The van der Waals surface area contributed by atoms with E-state index >= 15 is 0 Å². The highest BCUT2D eigenvalue weighted by Gasteiger charge is 2.37. The van der Waals surface area contributed by atoms with Crippen LogP contribution in [0.4, 0.5) is 8.78 Å². The Hall–Kier alpha value is -3.35. The van der Waals surface area contributed by atoms with Gasteiger partial charge in [0.25, 0.3) is 11.1 Å². The van der Waals surface area contributed by atoms with Gasteiger partial charge in [-0.3, -0.25) is 32.7 Å². The fraction of sp³-hybridized carbons (Fsp3) is 0.571. The Bertz CT molecular complexity index is 1360. The van der Waals surface area contributed by atoms with Crippen LogP contribution in [-0.4, -0.2) is 82.1 Å². The van der Waals surface area contributed by atoms with E-state index in [0.29, 0.717) is 21.5 Å². The Morgan fingerprint density at radius 2 is 1.16 bits per heavy atom. The highest BCUT2D eigenvalue weighted by atomic mass is 19.1. The van der Waals surface area contributed by atoms with Gasteiger partial charge in [-0.25, -0.2) is 9.59 Å². The highest BCUT2D eigenvalue weighted by molar-refractivity contribution is 5.77. The molecule has 2 aromatic rings. The molecular weight excluding hydrogens is 522 g/mol. The number of carbonyl (C=O) groups excluding carboxylic acids is 1. The second-order valence-electron chi connectivity index (χ2n) is 8.88. The molecule has 0 bridgehead atoms. The van der Waals surface area contributed by atoms with Gasteiger partial charge in [-0.15, -0.1) is 0 Å². The lowest BCUT2D eigenvalue weighted by Gasteiger charge is -2.17. The molecule has 6 atom stereocenters. The Balaban J connectivity index is 1.62. The predicted octanol–water partition coefficient (Wildman–Crippen LogP) is -3.84. The number of aliphatic hydroxyl groups is 4. The molecule has 0 unspecified atom stereocenters. The van der Waals surface area contributed by atoms with Crippen molar-refractivity contribution < 1.29 is 43.5 Å². The lowest BCUT2D eigenvalue weighted by molar-refractivity contribution is -0.120. The third-order valence-electron chi connectivity index (χ3n) is 6.37. The summed E-state index contributed by atoms with van der Waals surface area (Å²) in [6, 6.07) is 0. The summed E-state index contributed by atoms with van der Waals surface area (Å²) < 4.78 is 40.9. The summed E-state index contributed by atoms with van der Waals surface area (Å²) in [7, 11) is 0. The average molecular weight is 546 g/mol. The van der Waals surface area contributed by atoms with E-state index in [1.807, 2.05) is 0 Å². The molecule has 4 rings (SSSR count). The number of aromatic nitrogens is 4. The minimum absolute atomic E-state index is 0.185. The molecule has 2 fully saturated rings. The Morgan fingerprint density at radius 3 is 1.47 bits per heavy atom. The minimum atomic E-state index is -1.50. The van der Waals surface area contributed by atoms with E-state index in [1.165, 1.54) is 0 Å². The smallest absolute Gasteiger partial charge is 0.333 e. The zero-order valence-electron chi connectivity index (χ0n) is 19.6. The number of hydrogen-bond donors (Lipinski definition) is 4. The number of halogens is 2. The lowest BCUT2D eigenvalue weighted by atomic mass is 10.2. The van der Waals surface area contributed by atoms with Gasteiger partial charge in [0.15, 0.2) is 5.78 Å². The molecule has 2 aliphatic rings. The Morgan fingerprint density at radius 1 is 0.789 bits per heavy atom. The van der Waals surface area contributed by atoms with Crippen LogP contribution >= 0.6 is 0 Å². The SMILES string of the molecule is O=C(Cn1c(=O)c(F)cn([C@@H]2C[C@@H](O)[C@H](CO)O2)c1=O)Cn1c(=O)c(F)cn([C@H]2C[C@H](O)[C@@H](CO)O2)c1=O. The van der Waals surface area contributed by atoms with Gasteiger partial charge in [-0.2, -0.15) is 8.78 Å². The summed E-state index contributed by atoms with van der Waals surface area (Å²) in [6.45, 7) is -3.42. The van der Waals surface area contributed by atoms with Gasteiger partial charge in [0, 0.05) is 12.8 Å². The molecule has 4 N–H and O–H groups in total. The van der Waals surface area contributed by atoms with Crippen molar-refractivity contribution in [2.45, 2.75) is 62.8 Å². The van der Waals surface area contributed by atoms with Crippen LogP contribution in [0, 0.1) is 11.6 Å². The van der Waals surface area contributed by atoms with Crippen molar-refractivity contribution in [1.29, 1.82) is 0 Å². The normalized spacial score (nSPS) is 27.2. The van der Waals surface area contributed by atoms with Gasteiger partial charge >= 0.3 is 11.4 Å². The van der Waals surface area contributed by atoms with E-state index in [-0.39, 0.29) is 22.0 Å². The standard InChI is InChI=1S/C21H24F2N4O11/c22-10-5-24(16-1-12(31)14(7-28)37-16)20(35)26(18(10)33)3-9(30)4-27-19(34)11(23)6-25(21(27)36)17-2-13(32)15(8-29)38-17/h5-6,12-17,28-29,31-32H,1-4,7-8H2/t12-,13+,14+,15-,16+,17-. The van der Waals surface area contributed by atoms with E-state index in [4.69, 9.17) is 9.47 Å². The van der Waals surface area contributed by atoms with E-state index in [2.05, 4.69) is 0 Å². The van der Waals surface area contributed by atoms with Crippen LogP contribution in [-0.2, 0) is 27.4 Å². The monoisotopic (exact) mass is 546 g/mol. The van der Waals surface area contributed by atoms with Crippen molar-refractivity contribution in [3.05, 3.63) is 65.7 Å².